The fraction of sp³-hybridized carbons (Fsp3) is 0.333. The van der Waals surface area contributed by atoms with Crippen molar-refractivity contribution in [1.29, 1.82) is 0 Å². The number of aliphatic hydroxyl groups is 1. The number of hydrogen-bond donors (Lipinski definition) is 1. The number of rotatable bonds is 3. The highest BCUT2D eigenvalue weighted by Crippen LogP contribution is 2.20. The number of hydrogen-bond acceptors (Lipinski definition) is 3. The lowest BCUT2D eigenvalue weighted by molar-refractivity contribution is -0.385. The molecular formula is C9H11F2NO3. The Morgan fingerprint density at radius 2 is 2.13 bits per heavy atom. The number of halogens is 2. The topological polar surface area (TPSA) is 63.4 Å². The largest absolute Gasteiger partial charge is 0.388 e. The Morgan fingerprint density at radius 3 is 2.60 bits per heavy atom. The van der Waals surface area contributed by atoms with Crippen molar-refractivity contribution in [2.24, 2.45) is 0 Å². The van der Waals surface area contributed by atoms with Crippen LogP contribution in [-0.4, -0.2) is 10.0 Å². The van der Waals surface area contributed by atoms with Gasteiger partial charge in [0.2, 0.25) is 0 Å². The minimum atomic E-state index is -0.611. The lowest BCUT2D eigenvalue weighted by atomic mass is 10.1. The maximum atomic E-state index is 10.4. The monoisotopic (exact) mass is 219 g/mol. The van der Waals surface area contributed by atoms with Crippen LogP contribution in [0.3, 0.4) is 0 Å². The van der Waals surface area contributed by atoms with Crippen molar-refractivity contribution < 1.29 is 19.2 Å². The van der Waals surface area contributed by atoms with E-state index in [1.807, 2.05) is 6.92 Å². The molecule has 1 aromatic rings. The summed E-state index contributed by atoms with van der Waals surface area (Å²) in [5.41, 5.74) is 0.613. The SMILES string of the molecule is CCC(O)c1cccc([N+](=O)[O-])c1.FF. The molecule has 15 heavy (non-hydrogen) atoms. The number of aliphatic hydroxyl groups excluding tert-OH is 1. The summed E-state index contributed by atoms with van der Waals surface area (Å²) in [6, 6.07) is 6.06. The lowest BCUT2D eigenvalue weighted by Gasteiger charge is -2.06. The summed E-state index contributed by atoms with van der Waals surface area (Å²) in [5.74, 6) is 0. The molecule has 0 aromatic heterocycles. The molecule has 1 rings (SSSR count). The number of nitro benzene ring substituents is 1. The summed E-state index contributed by atoms with van der Waals surface area (Å²) in [6.07, 6.45) is -0.0545. The van der Waals surface area contributed by atoms with E-state index in [-0.39, 0.29) is 5.69 Å². The van der Waals surface area contributed by atoms with E-state index >= 15 is 0 Å². The zero-order valence-electron chi connectivity index (χ0n) is 8.06. The van der Waals surface area contributed by atoms with Gasteiger partial charge in [-0.25, -0.2) is 0 Å². The molecule has 0 aliphatic carbocycles. The van der Waals surface area contributed by atoms with Gasteiger partial charge in [0.1, 0.15) is 0 Å². The maximum absolute atomic E-state index is 10.4. The van der Waals surface area contributed by atoms with Crippen LogP contribution >= 0.6 is 0 Å². The Balaban J connectivity index is 0.000000921. The van der Waals surface area contributed by atoms with E-state index in [1.165, 1.54) is 12.1 Å². The van der Waals surface area contributed by atoms with Crippen LogP contribution in [0, 0.1) is 10.1 Å². The third kappa shape index (κ3) is 3.99. The van der Waals surface area contributed by atoms with Gasteiger partial charge >= 0.3 is 0 Å². The average Bonchev–Trinajstić information content (AvgIpc) is 2.30. The van der Waals surface area contributed by atoms with Crippen LogP contribution < -0.4 is 0 Å². The fourth-order valence-corrected chi connectivity index (χ4v) is 1.08. The van der Waals surface area contributed by atoms with Gasteiger partial charge in [-0.05, 0) is 12.0 Å². The molecule has 1 atom stereocenters. The molecule has 0 saturated carbocycles. The predicted octanol–water partition coefficient (Wildman–Crippen LogP) is 2.88. The molecule has 4 nitrogen and oxygen atoms in total. The fourth-order valence-electron chi connectivity index (χ4n) is 1.08. The molecule has 0 heterocycles. The number of benzene rings is 1. The van der Waals surface area contributed by atoms with Crippen molar-refractivity contribution >= 4 is 5.69 Å². The van der Waals surface area contributed by atoms with Gasteiger partial charge in [0, 0.05) is 21.3 Å². The van der Waals surface area contributed by atoms with Crippen molar-refractivity contribution in [2.45, 2.75) is 19.4 Å². The summed E-state index contributed by atoms with van der Waals surface area (Å²) < 4.78 is 16.0. The Bertz CT molecular complexity index is 320. The molecule has 0 amide bonds. The van der Waals surface area contributed by atoms with E-state index in [9.17, 15) is 15.2 Å². The van der Waals surface area contributed by atoms with Crippen LogP contribution in [0.15, 0.2) is 24.3 Å². The van der Waals surface area contributed by atoms with Gasteiger partial charge in [0.15, 0.2) is 0 Å². The van der Waals surface area contributed by atoms with Crippen LogP contribution in [0.2, 0.25) is 0 Å². The molecule has 1 unspecified atom stereocenters. The Morgan fingerprint density at radius 1 is 1.53 bits per heavy atom. The van der Waals surface area contributed by atoms with Crippen LogP contribution in [0.1, 0.15) is 25.0 Å². The Labute approximate surface area is 85.2 Å². The zero-order chi connectivity index (χ0) is 11.8. The highest BCUT2D eigenvalue weighted by molar-refractivity contribution is 5.35. The van der Waals surface area contributed by atoms with Gasteiger partial charge in [0.05, 0.1) is 11.0 Å². The van der Waals surface area contributed by atoms with Crippen molar-refractivity contribution in [3.8, 4) is 0 Å². The van der Waals surface area contributed by atoms with E-state index < -0.39 is 11.0 Å². The zero-order valence-corrected chi connectivity index (χ0v) is 8.06. The quantitative estimate of drug-likeness (QED) is 0.628. The van der Waals surface area contributed by atoms with Gasteiger partial charge < -0.3 is 5.11 Å². The van der Waals surface area contributed by atoms with Crippen molar-refractivity contribution in [3.05, 3.63) is 39.9 Å². The second-order valence-corrected chi connectivity index (χ2v) is 2.78. The number of nitro groups is 1. The van der Waals surface area contributed by atoms with Gasteiger partial charge in [-0.3, -0.25) is 10.1 Å². The molecule has 0 spiro atoms. The van der Waals surface area contributed by atoms with Crippen LogP contribution in [0.5, 0.6) is 0 Å². The Kier molecular flexibility index (Phi) is 6.12. The van der Waals surface area contributed by atoms with E-state index in [0.717, 1.165) is 0 Å². The van der Waals surface area contributed by atoms with Gasteiger partial charge in [-0.15, -0.1) is 0 Å². The molecule has 1 aromatic carbocycles. The van der Waals surface area contributed by atoms with Crippen LogP contribution in [0.4, 0.5) is 14.8 Å². The number of nitrogens with zero attached hydrogens (tertiary/aromatic N) is 1. The second-order valence-electron chi connectivity index (χ2n) is 2.78. The third-order valence-electron chi connectivity index (χ3n) is 1.85. The predicted molar refractivity (Wildman–Crippen MR) is 50.6 cm³/mol. The maximum Gasteiger partial charge on any atom is 0.269 e. The molecule has 0 radical (unpaired) electrons. The van der Waals surface area contributed by atoms with Crippen LogP contribution in [0.25, 0.3) is 0 Å². The van der Waals surface area contributed by atoms with Gasteiger partial charge in [-0.2, -0.15) is 0 Å². The van der Waals surface area contributed by atoms with E-state index in [1.54, 1.807) is 12.1 Å². The third-order valence-corrected chi connectivity index (χ3v) is 1.85. The summed E-state index contributed by atoms with van der Waals surface area (Å²) in [5, 5.41) is 19.8. The molecular weight excluding hydrogens is 208 g/mol. The highest BCUT2D eigenvalue weighted by atomic mass is 20.0. The smallest absolute Gasteiger partial charge is 0.269 e. The molecule has 0 bridgehead atoms. The minimum Gasteiger partial charge on any atom is -0.388 e. The van der Waals surface area contributed by atoms with E-state index in [0.29, 0.717) is 12.0 Å². The van der Waals surface area contributed by atoms with Gasteiger partial charge in [-0.1, -0.05) is 19.1 Å². The summed E-state index contributed by atoms with van der Waals surface area (Å²) in [7, 11) is 0. The van der Waals surface area contributed by atoms with Crippen molar-refractivity contribution in [1.82, 2.24) is 0 Å². The normalized spacial score (nSPS) is 11.2. The van der Waals surface area contributed by atoms with Crippen LogP contribution in [-0.2, 0) is 0 Å². The van der Waals surface area contributed by atoms with E-state index in [4.69, 9.17) is 9.15 Å². The minimum absolute atomic E-state index is 0.0185. The van der Waals surface area contributed by atoms with Crippen molar-refractivity contribution in [3.63, 3.8) is 0 Å². The standard InChI is InChI=1S/C9H11NO3.F2/c1-2-9(11)7-4-3-5-8(6-7)10(12)13;1-2/h3-6,9,11H,2H2,1H3;. The summed E-state index contributed by atoms with van der Waals surface area (Å²) in [4.78, 5) is 9.92. The molecule has 0 saturated heterocycles. The van der Waals surface area contributed by atoms with E-state index in [2.05, 4.69) is 0 Å². The second kappa shape index (κ2) is 6.83. The average molecular weight is 219 g/mol. The first-order valence-electron chi connectivity index (χ1n) is 4.22. The first-order chi connectivity index (χ1) is 7.15. The molecule has 0 aliphatic rings. The molecule has 1 N–H and O–H groups in total. The van der Waals surface area contributed by atoms with Crippen molar-refractivity contribution in [2.75, 3.05) is 0 Å². The first-order valence-corrected chi connectivity index (χ1v) is 4.22. The van der Waals surface area contributed by atoms with Gasteiger partial charge in [0.25, 0.3) is 5.69 Å². The first kappa shape index (κ1) is 13.4. The molecule has 0 fully saturated rings. The summed E-state index contributed by atoms with van der Waals surface area (Å²) in [6.45, 7) is 1.82. The molecule has 6 heteroatoms. The summed E-state index contributed by atoms with van der Waals surface area (Å²) >= 11 is 0. The highest BCUT2D eigenvalue weighted by Gasteiger charge is 2.09. The molecule has 84 valence electrons. The lowest BCUT2D eigenvalue weighted by Crippen LogP contribution is -1.96. The Hall–Kier alpha value is -1.56. The molecule has 0 aliphatic heterocycles. The number of non-ortho nitro benzene ring substituents is 1.